The summed E-state index contributed by atoms with van der Waals surface area (Å²) < 4.78 is 2.49. The lowest BCUT2D eigenvalue weighted by Crippen LogP contribution is -2.16. The van der Waals surface area contributed by atoms with Crippen molar-refractivity contribution in [3.8, 4) is 10.6 Å². The first-order chi connectivity index (χ1) is 8.08. The first kappa shape index (κ1) is 12.5. The predicted octanol–water partition coefficient (Wildman–Crippen LogP) is 2.88. The topological polar surface area (TPSA) is 59.3 Å². The van der Waals surface area contributed by atoms with Crippen LogP contribution in [0.25, 0.3) is 10.6 Å². The zero-order valence-electron chi connectivity index (χ0n) is 8.55. The Kier molecular flexibility index (Phi) is 3.80. The Hall–Kier alpha value is -0.920. The Bertz CT molecular complexity index is 599. The third kappa shape index (κ3) is 2.85. The molecule has 2 heterocycles. The van der Waals surface area contributed by atoms with Gasteiger partial charge < -0.3 is 5.11 Å². The van der Waals surface area contributed by atoms with Crippen molar-refractivity contribution in [2.24, 2.45) is 0 Å². The van der Waals surface area contributed by atoms with Crippen LogP contribution < -0.4 is 4.87 Å². The van der Waals surface area contributed by atoms with Gasteiger partial charge in [0.15, 0.2) is 0 Å². The maximum atomic E-state index is 11.6. The number of hydrogen-bond acceptors (Lipinski definition) is 4. The number of carboxylic acid groups (broad SMARTS) is 1. The second kappa shape index (κ2) is 5.16. The van der Waals surface area contributed by atoms with Gasteiger partial charge >= 0.3 is 10.8 Å². The molecule has 2 aromatic rings. The largest absolute Gasteiger partial charge is 0.481 e. The third-order valence-electron chi connectivity index (χ3n) is 2.16. The minimum atomic E-state index is -0.901. The van der Waals surface area contributed by atoms with Crippen LogP contribution >= 0.6 is 38.6 Å². The van der Waals surface area contributed by atoms with Crippen molar-refractivity contribution in [3.63, 3.8) is 0 Å². The highest BCUT2D eigenvalue weighted by Crippen LogP contribution is 2.31. The molecule has 0 amide bonds. The van der Waals surface area contributed by atoms with E-state index in [-0.39, 0.29) is 17.8 Å². The van der Waals surface area contributed by atoms with Crippen LogP contribution in [0.2, 0.25) is 0 Å². The number of thiophene rings is 1. The number of carboxylic acids is 1. The molecule has 0 aliphatic carbocycles. The molecule has 0 unspecified atom stereocenters. The van der Waals surface area contributed by atoms with E-state index in [1.807, 2.05) is 12.1 Å². The SMILES string of the molecule is O=C(O)CCn1c(-c2ccc(Br)s2)csc1=O. The van der Waals surface area contributed by atoms with E-state index < -0.39 is 5.97 Å². The zero-order chi connectivity index (χ0) is 12.4. The van der Waals surface area contributed by atoms with Crippen LogP contribution in [0.3, 0.4) is 0 Å². The predicted molar refractivity (Wildman–Crippen MR) is 71.8 cm³/mol. The molecule has 0 bridgehead atoms. The van der Waals surface area contributed by atoms with Crippen molar-refractivity contribution in [2.75, 3.05) is 0 Å². The van der Waals surface area contributed by atoms with Crippen molar-refractivity contribution >= 4 is 44.6 Å². The van der Waals surface area contributed by atoms with E-state index in [1.54, 1.807) is 5.38 Å². The summed E-state index contributed by atoms with van der Waals surface area (Å²) in [6, 6.07) is 3.82. The Balaban J connectivity index is 2.35. The summed E-state index contributed by atoms with van der Waals surface area (Å²) in [6.45, 7) is 0.211. The Labute approximate surface area is 113 Å². The van der Waals surface area contributed by atoms with Crippen LogP contribution in [0.1, 0.15) is 6.42 Å². The highest BCUT2D eigenvalue weighted by Gasteiger charge is 2.11. The summed E-state index contributed by atoms with van der Waals surface area (Å²) in [7, 11) is 0. The average Bonchev–Trinajstić information content (AvgIpc) is 2.82. The van der Waals surface area contributed by atoms with Gasteiger partial charge in [-0.25, -0.2) is 0 Å². The lowest BCUT2D eigenvalue weighted by Gasteiger charge is -2.03. The van der Waals surface area contributed by atoms with Gasteiger partial charge in [0.25, 0.3) is 0 Å². The summed E-state index contributed by atoms with van der Waals surface area (Å²) in [4.78, 5) is 23.0. The molecule has 0 radical (unpaired) electrons. The smallest absolute Gasteiger partial charge is 0.307 e. The Morgan fingerprint density at radius 2 is 2.24 bits per heavy atom. The first-order valence-electron chi connectivity index (χ1n) is 4.74. The number of aliphatic carboxylic acids is 1. The minimum Gasteiger partial charge on any atom is -0.481 e. The third-order valence-corrected chi connectivity index (χ3v) is 4.57. The number of rotatable bonds is 4. The Morgan fingerprint density at radius 1 is 1.47 bits per heavy atom. The van der Waals surface area contributed by atoms with Crippen molar-refractivity contribution in [2.45, 2.75) is 13.0 Å². The summed E-state index contributed by atoms with van der Waals surface area (Å²) in [5.74, 6) is -0.901. The van der Waals surface area contributed by atoms with Crippen molar-refractivity contribution in [3.05, 3.63) is 31.0 Å². The quantitative estimate of drug-likeness (QED) is 0.935. The fraction of sp³-hybridized carbons (Fsp3) is 0.200. The highest BCUT2D eigenvalue weighted by molar-refractivity contribution is 9.11. The molecule has 0 aliphatic rings. The maximum absolute atomic E-state index is 11.6. The van der Waals surface area contributed by atoms with Crippen LogP contribution in [-0.4, -0.2) is 15.6 Å². The van der Waals surface area contributed by atoms with Gasteiger partial charge in [-0.2, -0.15) is 0 Å². The molecule has 7 heteroatoms. The van der Waals surface area contributed by atoms with Gasteiger partial charge in [-0.15, -0.1) is 11.3 Å². The second-order valence-electron chi connectivity index (χ2n) is 3.29. The molecular weight excluding hydrogens is 326 g/mol. The van der Waals surface area contributed by atoms with Gasteiger partial charge in [-0.3, -0.25) is 14.2 Å². The normalized spacial score (nSPS) is 10.6. The fourth-order valence-electron chi connectivity index (χ4n) is 1.39. The molecule has 0 atom stereocenters. The second-order valence-corrected chi connectivity index (χ2v) is 6.57. The van der Waals surface area contributed by atoms with Crippen molar-refractivity contribution in [1.29, 1.82) is 0 Å². The van der Waals surface area contributed by atoms with Crippen LogP contribution in [0, 0.1) is 0 Å². The van der Waals surface area contributed by atoms with E-state index in [2.05, 4.69) is 15.9 Å². The highest BCUT2D eigenvalue weighted by atomic mass is 79.9. The van der Waals surface area contributed by atoms with Crippen LogP contribution in [-0.2, 0) is 11.3 Å². The number of hydrogen-bond donors (Lipinski definition) is 1. The van der Waals surface area contributed by atoms with E-state index in [4.69, 9.17) is 5.11 Å². The lowest BCUT2D eigenvalue weighted by molar-refractivity contribution is -0.137. The van der Waals surface area contributed by atoms with Crippen LogP contribution in [0.5, 0.6) is 0 Å². The fourth-order valence-corrected chi connectivity index (χ4v) is 3.66. The van der Waals surface area contributed by atoms with Crippen molar-refractivity contribution < 1.29 is 9.90 Å². The molecule has 90 valence electrons. The molecule has 2 aromatic heterocycles. The number of thiazole rings is 1. The van der Waals surface area contributed by atoms with E-state index in [0.717, 1.165) is 25.7 Å². The lowest BCUT2D eigenvalue weighted by atomic mass is 10.3. The number of nitrogens with zero attached hydrogens (tertiary/aromatic N) is 1. The molecule has 4 nitrogen and oxygen atoms in total. The molecule has 0 spiro atoms. The van der Waals surface area contributed by atoms with Gasteiger partial charge in [0.2, 0.25) is 0 Å². The molecular formula is C10H8BrNO3S2. The van der Waals surface area contributed by atoms with Gasteiger partial charge in [-0.1, -0.05) is 11.3 Å². The summed E-state index contributed by atoms with van der Waals surface area (Å²) >= 11 is 5.97. The number of halogens is 1. The molecule has 0 saturated heterocycles. The molecule has 0 fully saturated rings. The van der Waals surface area contributed by atoms with Crippen LogP contribution in [0.15, 0.2) is 26.1 Å². The van der Waals surface area contributed by atoms with E-state index >= 15 is 0 Å². The zero-order valence-corrected chi connectivity index (χ0v) is 11.8. The van der Waals surface area contributed by atoms with E-state index in [0.29, 0.717) is 0 Å². The first-order valence-corrected chi connectivity index (χ1v) is 7.22. The van der Waals surface area contributed by atoms with Gasteiger partial charge in [0, 0.05) is 11.9 Å². The Morgan fingerprint density at radius 3 is 2.82 bits per heavy atom. The average molecular weight is 334 g/mol. The molecule has 0 aliphatic heterocycles. The molecule has 0 saturated carbocycles. The monoisotopic (exact) mass is 333 g/mol. The van der Waals surface area contributed by atoms with E-state index in [1.165, 1.54) is 15.9 Å². The number of aromatic nitrogens is 1. The summed E-state index contributed by atoms with van der Waals surface area (Å²) in [6.07, 6.45) is -0.0455. The van der Waals surface area contributed by atoms with Crippen LogP contribution in [0.4, 0.5) is 0 Å². The molecule has 17 heavy (non-hydrogen) atoms. The molecule has 1 N–H and O–H groups in total. The standard InChI is InChI=1S/C10H8BrNO3S2/c11-8-2-1-7(17-8)6-5-16-10(15)12(6)4-3-9(13)14/h1-2,5H,3-4H2,(H,13,14). The van der Waals surface area contributed by atoms with Crippen molar-refractivity contribution in [1.82, 2.24) is 4.57 Å². The van der Waals surface area contributed by atoms with Gasteiger partial charge in [0.05, 0.1) is 20.8 Å². The van der Waals surface area contributed by atoms with E-state index in [9.17, 15) is 9.59 Å². The molecule has 2 rings (SSSR count). The maximum Gasteiger partial charge on any atom is 0.307 e. The van der Waals surface area contributed by atoms with Gasteiger partial charge in [0.1, 0.15) is 0 Å². The summed E-state index contributed by atoms with van der Waals surface area (Å²) in [5, 5.41) is 10.4. The number of carbonyl (C=O) groups is 1. The van der Waals surface area contributed by atoms with Gasteiger partial charge in [-0.05, 0) is 28.1 Å². The minimum absolute atomic E-state index is 0.0455. The summed E-state index contributed by atoms with van der Waals surface area (Å²) in [5.41, 5.74) is 0.789. The molecule has 0 aromatic carbocycles.